The quantitative estimate of drug-likeness (QED) is 0.252. The van der Waals surface area contributed by atoms with Crippen LogP contribution in [0.1, 0.15) is 41.2 Å². The number of aryl methyl sites for hydroxylation is 2. The lowest BCUT2D eigenvalue weighted by molar-refractivity contribution is -0.0586. The van der Waals surface area contributed by atoms with Crippen molar-refractivity contribution in [1.29, 1.82) is 0 Å². The summed E-state index contributed by atoms with van der Waals surface area (Å²) in [6.07, 6.45) is 0.0402. The van der Waals surface area contributed by atoms with Crippen LogP contribution < -0.4 is 0 Å². The molecule has 0 N–H and O–H groups in total. The smallest absolute Gasteiger partial charge is 0.254 e. The van der Waals surface area contributed by atoms with Crippen molar-refractivity contribution in [2.75, 3.05) is 13.1 Å². The molecule has 0 unspecified atom stereocenters. The number of nitrogens with zero attached hydrogens (tertiary/aromatic N) is 3. The first kappa shape index (κ1) is 24.7. The van der Waals surface area contributed by atoms with Crippen LogP contribution >= 0.6 is 11.6 Å². The van der Waals surface area contributed by atoms with Crippen LogP contribution in [0, 0.1) is 13.8 Å². The summed E-state index contributed by atoms with van der Waals surface area (Å²) in [7, 11) is 0. The minimum Gasteiger partial charge on any atom is -0.372 e. The van der Waals surface area contributed by atoms with Crippen molar-refractivity contribution in [2.45, 2.75) is 46.4 Å². The Kier molecular flexibility index (Phi) is 6.25. The number of hydrogen-bond acceptors (Lipinski definition) is 4. The Labute approximate surface area is 226 Å². The van der Waals surface area contributed by atoms with E-state index in [1.165, 1.54) is 0 Å². The maximum atomic E-state index is 13.5. The predicted octanol–water partition coefficient (Wildman–Crippen LogP) is 7.02. The Balaban J connectivity index is 1.51. The molecule has 1 fully saturated rings. The van der Waals surface area contributed by atoms with E-state index in [-0.39, 0.29) is 18.1 Å². The number of benzene rings is 3. The highest BCUT2D eigenvalue weighted by Crippen LogP contribution is 2.36. The van der Waals surface area contributed by atoms with Crippen LogP contribution in [-0.4, -0.2) is 45.8 Å². The first-order valence-corrected chi connectivity index (χ1v) is 13.4. The Bertz CT molecular complexity index is 1660. The van der Waals surface area contributed by atoms with Gasteiger partial charge in [-0.2, -0.15) is 0 Å². The van der Waals surface area contributed by atoms with Gasteiger partial charge in [0.25, 0.3) is 5.91 Å². The van der Waals surface area contributed by atoms with Crippen LogP contribution in [0.15, 0.2) is 65.2 Å². The second-order valence-corrected chi connectivity index (χ2v) is 10.7. The monoisotopic (exact) mass is 527 g/mol. The lowest BCUT2D eigenvalue weighted by Gasteiger charge is -2.35. The molecule has 3 heterocycles. The second kappa shape index (κ2) is 9.61. The zero-order valence-electron chi connectivity index (χ0n) is 22.0. The van der Waals surface area contributed by atoms with Gasteiger partial charge >= 0.3 is 0 Å². The highest BCUT2D eigenvalue weighted by Gasteiger charge is 2.27. The fraction of sp³-hybridized carbons (Fsp3) is 0.290. The highest BCUT2D eigenvalue weighted by atomic mass is 35.5. The minimum absolute atomic E-state index is 0.0201. The number of halogens is 1. The summed E-state index contributed by atoms with van der Waals surface area (Å²) in [6.45, 7) is 9.71. The number of aromatic nitrogens is 2. The van der Waals surface area contributed by atoms with Gasteiger partial charge in [0, 0.05) is 52.1 Å². The van der Waals surface area contributed by atoms with Gasteiger partial charge < -0.3 is 18.7 Å². The lowest BCUT2D eigenvalue weighted by atomic mass is 10.0. The van der Waals surface area contributed by atoms with Crippen LogP contribution in [0.4, 0.5) is 0 Å². The van der Waals surface area contributed by atoms with Crippen molar-refractivity contribution in [3.8, 4) is 11.1 Å². The van der Waals surface area contributed by atoms with Crippen LogP contribution in [0.25, 0.3) is 32.9 Å². The molecule has 0 spiro atoms. The number of rotatable bonds is 4. The van der Waals surface area contributed by atoms with Gasteiger partial charge in [0.1, 0.15) is 5.76 Å². The van der Waals surface area contributed by atoms with Crippen LogP contribution in [0.2, 0.25) is 5.02 Å². The summed E-state index contributed by atoms with van der Waals surface area (Å²) in [5.41, 5.74) is 6.75. The van der Waals surface area contributed by atoms with Crippen molar-refractivity contribution in [3.63, 3.8) is 0 Å². The van der Waals surface area contributed by atoms with Gasteiger partial charge in [0.15, 0.2) is 0 Å². The zero-order chi connectivity index (χ0) is 26.6. The zero-order valence-corrected chi connectivity index (χ0v) is 22.7. The van der Waals surface area contributed by atoms with Crippen molar-refractivity contribution < 1.29 is 14.1 Å². The molecule has 38 heavy (non-hydrogen) atoms. The largest absolute Gasteiger partial charge is 0.372 e. The number of carbonyl (C=O) groups is 1. The maximum Gasteiger partial charge on any atom is 0.254 e. The molecule has 1 aliphatic rings. The molecular formula is C31H30ClN3O3. The van der Waals surface area contributed by atoms with E-state index < -0.39 is 0 Å². The van der Waals surface area contributed by atoms with E-state index in [2.05, 4.69) is 40.1 Å². The first-order chi connectivity index (χ1) is 18.3. The van der Waals surface area contributed by atoms with Gasteiger partial charge in [-0.05, 0) is 69.2 Å². The molecule has 0 saturated carbocycles. The molecule has 194 valence electrons. The van der Waals surface area contributed by atoms with Crippen molar-refractivity contribution in [1.82, 2.24) is 14.6 Å². The van der Waals surface area contributed by atoms with E-state index in [9.17, 15) is 4.79 Å². The molecule has 2 aromatic heterocycles. The predicted molar refractivity (Wildman–Crippen MR) is 151 cm³/mol. The second-order valence-electron chi connectivity index (χ2n) is 10.3. The van der Waals surface area contributed by atoms with Crippen LogP contribution in [0.3, 0.4) is 0 Å². The number of hydrogen-bond donors (Lipinski definition) is 0. The molecule has 0 radical (unpaired) electrons. The standard InChI is InChI=1S/C31H30ClN3O3/c1-18-15-34(16-19(2)37-18)31(36)23-10-12-28-26(13-23)25-11-9-22(30-20(3)33-38-21(30)4)14-29(25)35(28)17-24-7-5-6-8-27(24)32/h5-14,18-19H,15-17H2,1-4H3/t18-,19+. The molecule has 7 heteroatoms. The van der Waals surface area contributed by atoms with Crippen LogP contribution in [-0.2, 0) is 11.3 Å². The van der Waals surface area contributed by atoms with E-state index in [1.807, 2.05) is 62.9 Å². The average Bonchev–Trinajstić information content (AvgIpc) is 3.39. The van der Waals surface area contributed by atoms with Crippen molar-refractivity contribution in [3.05, 3.63) is 88.3 Å². The summed E-state index contributed by atoms with van der Waals surface area (Å²) in [5.74, 6) is 0.825. The molecule has 1 amide bonds. The maximum absolute atomic E-state index is 13.5. The normalized spacial score (nSPS) is 18.0. The number of morpholine rings is 1. The van der Waals surface area contributed by atoms with E-state index in [0.29, 0.717) is 25.2 Å². The Morgan fingerprint density at radius 2 is 1.74 bits per heavy atom. The molecule has 0 bridgehead atoms. The molecule has 6 nitrogen and oxygen atoms in total. The first-order valence-electron chi connectivity index (χ1n) is 13.0. The van der Waals surface area contributed by atoms with E-state index >= 15 is 0 Å². The third-order valence-electron chi connectivity index (χ3n) is 7.43. The fourth-order valence-electron chi connectivity index (χ4n) is 5.78. The van der Waals surface area contributed by atoms with Crippen molar-refractivity contribution in [2.24, 2.45) is 0 Å². The molecule has 6 rings (SSSR count). The third kappa shape index (κ3) is 4.28. The number of fused-ring (bicyclic) bond motifs is 3. The Morgan fingerprint density at radius 3 is 2.45 bits per heavy atom. The summed E-state index contributed by atoms with van der Waals surface area (Å²) in [4.78, 5) is 15.4. The van der Waals surface area contributed by atoms with Crippen molar-refractivity contribution >= 4 is 39.3 Å². The number of carbonyl (C=O) groups excluding carboxylic acids is 1. The summed E-state index contributed by atoms with van der Waals surface area (Å²) in [5, 5.41) is 7.00. The lowest BCUT2D eigenvalue weighted by Crippen LogP contribution is -2.48. The van der Waals surface area contributed by atoms with Gasteiger partial charge in [-0.15, -0.1) is 0 Å². The van der Waals surface area contributed by atoms with E-state index in [4.69, 9.17) is 20.9 Å². The van der Waals surface area contributed by atoms with Gasteiger partial charge in [0.2, 0.25) is 0 Å². The Hall–Kier alpha value is -3.61. The Morgan fingerprint density at radius 1 is 0.974 bits per heavy atom. The molecule has 1 aliphatic heterocycles. The molecule has 1 saturated heterocycles. The number of amides is 1. The molecule has 0 aliphatic carbocycles. The van der Waals surface area contributed by atoms with Gasteiger partial charge in [-0.25, -0.2) is 0 Å². The highest BCUT2D eigenvalue weighted by molar-refractivity contribution is 6.31. The summed E-state index contributed by atoms with van der Waals surface area (Å²) >= 11 is 6.58. The molecule has 2 atom stereocenters. The molecular weight excluding hydrogens is 498 g/mol. The molecule has 5 aromatic rings. The summed E-state index contributed by atoms with van der Waals surface area (Å²) in [6, 6.07) is 20.4. The fourth-order valence-corrected chi connectivity index (χ4v) is 5.97. The SMILES string of the molecule is Cc1noc(C)c1-c1ccc2c3cc(C(=O)N4C[C@@H](C)O[C@@H](C)C4)ccc3n(Cc3ccccc3Cl)c2c1. The van der Waals surface area contributed by atoms with E-state index in [0.717, 1.165) is 55.0 Å². The number of ether oxygens (including phenoxy) is 1. The average molecular weight is 528 g/mol. The van der Waals surface area contributed by atoms with Gasteiger partial charge in [0.05, 0.1) is 23.4 Å². The van der Waals surface area contributed by atoms with E-state index in [1.54, 1.807) is 0 Å². The molecule has 3 aromatic carbocycles. The topological polar surface area (TPSA) is 60.5 Å². The van der Waals surface area contributed by atoms with Crippen LogP contribution in [0.5, 0.6) is 0 Å². The van der Waals surface area contributed by atoms with Gasteiger partial charge in [-0.3, -0.25) is 4.79 Å². The minimum atomic E-state index is 0.0201. The summed E-state index contributed by atoms with van der Waals surface area (Å²) < 4.78 is 13.6. The third-order valence-corrected chi connectivity index (χ3v) is 7.80. The van der Waals surface area contributed by atoms with Gasteiger partial charge in [-0.1, -0.05) is 47.1 Å².